The lowest BCUT2D eigenvalue weighted by atomic mass is 10.1. The van der Waals surface area contributed by atoms with Gasteiger partial charge in [-0.3, -0.25) is 0 Å². The number of hydrogen-bond donors (Lipinski definition) is 2. The van der Waals surface area contributed by atoms with Crippen LogP contribution in [-0.4, -0.2) is 14.6 Å². The maximum atomic E-state index is 11.2. The molecule has 1 aromatic carbocycles. The summed E-state index contributed by atoms with van der Waals surface area (Å²) in [5.41, 5.74) is 3.86. The Morgan fingerprint density at radius 1 is 1.35 bits per heavy atom. The summed E-state index contributed by atoms with van der Waals surface area (Å²) in [6.07, 6.45) is 3.85. The molecule has 6 heteroatoms. The summed E-state index contributed by atoms with van der Waals surface area (Å²) in [5, 5.41) is 19.5. The van der Waals surface area contributed by atoms with Gasteiger partial charge < -0.3 is 9.61 Å². The number of fused-ring (bicyclic) bond motifs is 1. The van der Waals surface area contributed by atoms with Gasteiger partial charge in [-0.25, -0.2) is 10.2 Å². The standard InChI is InChI=1S/C14H12IN3O2/c1-9-3-2-6-17-8-12(16-14(9)17)10-4-5-11(15)13(7-10)18(19)20/h2-8,18-19H,1H3. The van der Waals surface area contributed by atoms with E-state index in [2.05, 4.69) is 4.98 Å². The SMILES string of the molecule is Cc1cccn2cc(-c3ccc(I)c([NH+]([O-])O)c3)nc12. The number of quaternary nitrogens is 1. The molecular weight excluding hydrogens is 369 g/mol. The second-order valence-corrected chi connectivity index (χ2v) is 5.71. The van der Waals surface area contributed by atoms with Gasteiger partial charge >= 0.3 is 0 Å². The normalized spacial score (nSPS) is 12.8. The van der Waals surface area contributed by atoms with Gasteiger partial charge in [0.05, 0.1) is 9.26 Å². The fourth-order valence-corrected chi connectivity index (χ4v) is 2.71. The van der Waals surface area contributed by atoms with Crippen molar-refractivity contribution in [3.05, 3.63) is 57.1 Å². The van der Waals surface area contributed by atoms with Crippen LogP contribution in [0.5, 0.6) is 0 Å². The third-order valence-electron chi connectivity index (χ3n) is 3.17. The van der Waals surface area contributed by atoms with Gasteiger partial charge in [-0.1, -0.05) is 12.1 Å². The Morgan fingerprint density at radius 2 is 2.15 bits per heavy atom. The van der Waals surface area contributed by atoms with Crippen LogP contribution >= 0.6 is 22.6 Å². The number of nitrogens with zero attached hydrogens (tertiary/aromatic N) is 2. The van der Waals surface area contributed by atoms with Gasteiger partial charge in [0.2, 0.25) is 0 Å². The first-order valence-corrected chi connectivity index (χ1v) is 7.11. The second-order valence-electron chi connectivity index (χ2n) is 4.55. The Bertz CT molecular complexity index is 783. The summed E-state index contributed by atoms with van der Waals surface area (Å²) >= 11 is 2.02. The van der Waals surface area contributed by atoms with E-state index >= 15 is 0 Å². The quantitative estimate of drug-likeness (QED) is 0.529. The van der Waals surface area contributed by atoms with Crippen molar-refractivity contribution in [1.29, 1.82) is 0 Å². The Morgan fingerprint density at radius 3 is 2.85 bits per heavy atom. The van der Waals surface area contributed by atoms with Crippen molar-refractivity contribution in [2.75, 3.05) is 0 Å². The average Bonchev–Trinajstić information content (AvgIpc) is 2.84. The van der Waals surface area contributed by atoms with Crippen molar-refractivity contribution in [2.24, 2.45) is 0 Å². The smallest absolute Gasteiger partial charge is 0.177 e. The molecule has 0 aliphatic carbocycles. The molecule has 0 aliphatic rings. The Hall–Kier alpha value is -1.48. The number of hydrogen-bond acceptors (Lipinski definition) is 3. The van der Waals surface area contributed by atoms with Crippen molar-refractivity contribution >= 4 is 33.9 Å². The molecule has 0 fully saturated rings. The fraction of sp³-hybridized carbons (Fsp3) is 0.0714. The first kappa shape index (κ1) is 13.5. The Labute approximate surface area is 129 Å². The highest BCUT2D eigenvalue weighted by Gasteiger charge is 2.11. The molecule has 1 unspecified atom stereocenters. The number of aryl methyl sites for hydroxylation is 1. The zero-order valence-electron chi connectivity index (χ0n) is 10.7. The molecule has 2 N–H and O–H groups in total. The lowest BCUT2D eigenvalue weighted by Gasteiger charge is -2.13. The van der Waals surface area contributed by atoms with Gasteiger partial charge in [-0.15, -0.1) is 0 Å². The third-order valence-corrected chi connectivity index (χ3v) is 4.11. The summed E-state index contributed by atoms with van der Waals surface area (Å²) in [4.78, 5) is 4.58. The lowest BCUT2D eigenvalue weighted by molar-refractivity contribution is -0.991. The molecule has 2 aromatic heterocycles. The average molecular weight is 381 g/mol. The van der Waals surface area contributed by atoms with Gasteiger partial charge in [0.25, 0.3) is 0 Å². The second kappa shape index (κ2) is 5.13. The molecule has 20 heavy (non-hydrogen) atoms. The number of nitrogens with one attached hydrogen (secondary N) is 1. The predicted molar refractivity (Wildman–Crippen MR) is 83.9 cm³/mol. The van der Waals surface area contributed by atoms with Crippen LogP contribution in [0.15, 0.2) is 42.7 Å². The van der Waals surface area contributed by atoms with E-state index in [0.717, 1.165) is 26.0 Å². The molecule has 1 atom stereocenters. The minimum Gasteiger partial charge on any atom is -0.595 e. The summed E-state index contributed by atoms with van der Waals surface area (Å²) in [5.74, 6) is 0. The first-order chi connectivity index (χ1) is 9.56. The first-order valence-electron chi connectivity index (χ1n) is 6.04. The molecule has 0 spiro atoms. The highest BCUT2D eigenvalue weighted by atomic mass is 127. The number of aromatic nitrogens is 2. The summed E-state index contributed by atoms with van der Waals surface area (Å²) in [6, 6.07) is 9.33. The summed E-state index contributed by atoms with van der Waals surface area (Å²) in [6.45, 7) is 2.00. The van der Waals surface area contributed by atoms with E-state index in [1.165, 1.54) is 0 Å². The van der Waals surface area contributed by atoms with Crippen molar-refractivity contribution < 1.29 is 10.4 Å². The van der Waals surface area contributed by atoms with Gasteiger partial charge in [0.15, 0.2) is 5.69 Å². The molecule has 0 bridgehead atoms. The van der Waals surface area contributed by atoms with Crippen LogP contribution in [0.1, 0.15) is 5.56 Å². The Balaban J connectivity index is 2.16. The third kappa shape index (κ3) is 2.31. The maximum Gasteiger partial charge on any atom is 0.177 e. The van der Waals surface area contributed by atoms with Crippen molar-refractivity contribution in [3.8, 4) is 11.3 Å². The van der Waals surface area contributed by atoms with Crippen molar-refractivity contribution in [3.63, 3.8) is 0 Å². The number of halogens is 1. The largest absolute Gasteiger partial charge is 0.595 e. The zero-order chi connectivity index (χ0) is 14.3. The van der Waals surface area contributed by atoms with Crippen LogP contribution < -0.4 is 5.23 Å². The number of pyridine rings is 1. The molecule has 0 aliphatic heterocycles. The molecule has 2 heterocycles. The van der Waals surface area contributed by atoms with Crippen molar-refractivity contribution in [1.82, 2.24) is 9.38 Å². The zero-order valence-corrected chi connectivity index (χ0v) is 12.8. The minimum atomic E-state index is -0.920. The van der Waals surface area contributed by atoms with Crippen LogP contribution in [0, 0.1) is 15.7 Å². The molecular formula is C14H12IN3O2. The number of rotatable bonds is 2. The lowest BCUT2D eigenvalue weighted by Crippen LogP contribution is -2.99. The predicted octanol–water partition coefficient (Wildman–Crippen LogP) is 2.32. The molecule has 0 saturated heterocycles. The molecule has 0 amide bonds. The maximum absolute atomic E-state index is 11.2. The van der Waals surface area contributed by atoms with E-state index in [9.17, 15) is 10.4 Å². The number of benzene rings is 1. The number of imidazole rings is 1. The highest BCUT2D eigenvalue weighted by molar-refractivity contribution is 14.1. The van der Waals surface area contributed by atoms with Gasteiger partial charge in [0, 0.05) is 24.0 Å². The molecule has 0 radical (unpaired) electrons. The van der Waals surface area contributed by atoms with Crippen LogP contribution in [0.4, 0.5) is 5.69 Å². The van der Waals surface area contributed by atoms with Crippen LogP contribution in [0.25, 0.3) is 16.9 Å². The molecule has 3 aromatic rings. The van der Waals surface area contributed by atoms with E-state index in [0.29, 0.717) is 5.69 Å². The van der Waals surface area contributed by atoms with Crippen LogP contribution in [0.3, 0.4) is 0 Å². The fourth-order valence-electron chi connectivity index (χ4n) is 2.14. The van der Waals surface area contributed by atoms with Gasteiger partial charge in [-0.2, -0.15) is 5.23 Å². The molecule has 5 nitrogen and oxygen atoms in total. The van der Waals surface area contributed by atoms with E-state index in [1.807, 2.05) is 64.5 Å². The summed E-state index contributed by atoms with van der Waals surface area (Å²) in [7, 11) is 0. The van der Waals surface area contributed by atoms with Crippen molar-refractivity contribution in [2.45, 2.75) is 6.92 Å². The van der Waals surface area contributed by atoms with Crippen LogP contribution in [0.2, 0.25) is 0 Å². The molecule has 3 rings (SSSR count). The van der Waals surface area contributed by atoms with E-state index in [1.54, 1.807) is 12.1 Å². The highest BCUT2D eigenvalue weighted by Crippen LogP contribution is 2.25. The van der Waals surface area contributed by atoms with E-state index < -0.39 is 5.23 Å². The van der Waals surface area contributed by atoms with Gasteiger partial charge in [0.1, 0.15) is 5.65 Å². The Kier molecular flexibility index (Phi) is 3.47. The van der Waals surface area contributed by atoms with Crippen LogP contribution in [-0.2, 0) is 0 Å². The van der Waals surface area contributed by atoms with E-state index in [4.69, 9.17) is 0 Å². The summed E-state index contributed by atoms with van der Waals surface area (Å²) < 4.78 is 2.67. The van der Waals surface area contributed by atoms with E-state index in [-0.39, 0.29) is 0 Å². The molecule has 102 valence electrons. The topological polar surface area (TPSA) is 65.0 Å². The minimum absolute atomic E-state index is 0.303. The monoisotopic (exact) mass is 381 g/mol. The van der Waals surface area contributed by atoms with Gasteiger partial charge in [-0.05, 0) is 47.2 Å². The molecule has 0 saturated carbocycles.